The highest BCUT2D eigenvalue weighted by molar-refractivity contribution is 5.87. The molecule has 0 spiro atoms. The SMILES string of the molecule is O=C(/C=C/C=C/c1ccc(O)c([N+](=O)[O-])c1)NCc1ccccc1. The van der Waals surface area contributed by atoms with Gasteiger partial charge in [-0.15, -0.1) is 0 Å². The van der Waals surface area contributed by atoms with Gasteiger partial charge in [0.15, 0.2) is 5.75 Å². The van der Waals surface area contributed by atoms with Gasteiger partial charge in [-0.05, 0) is 17.2 Å². The van der Waals surface area contributed by atoms with Crippen LogP contribution in [0.25, 0.3) is 6.08 Å². The second kappa shape index (κ2) is 8.28. The molecule has 6 nitrogen and oxygen atoms in total. The molecule has 122 valence electrons. The summed E-state index contributed by atoms with van der Waals surface area (Å²) in [5.41, 5.74) is 1.20. The first-order valence-electron chi connectivity index (χ1n) is 7.20. The van der Waals surface area contributed by atoms with Gasteiger partial charge in [0.25, 0.3) is 0 Å². The summed E-state index contributed by atoms with van der Waals surface area (Å²) in [5.74, 6) is -0.617. The molecular formula is C18H16N2O4. The second-order valence-electron chi connectivity index (χ2n) is 4.93. The van der Waals surface area contributed by atoms with Crippen LogP contribution in [-0.2, 0) is 11.3 Å². The summed E-state index contributed by atoms with van der Waals surface area (Å²) in [6, 6.07) is 13.6. The highest BCUT2D eigenvalue weighted by Gasteiger charge is 2.12. The molecule has 0 aliphatic rings. The standard InChI is InChI=1S/C18H16N2O4/c21-17-11-10-14(12-16(17)20(23)24)6-4-5-9-18(22)19-13-15-7-2-1-3-8-15/h1-12,21H,13H2,(H,19,22)/b6-4+,9-5+. The van der Waals surface area contributed by atoms with Crippen LogP contribution in [-0.4, -0.2) is 15.9 Å². The number of allylic oxidation sites excluding steroid dienone is 2. The monoisotopic (exact) mass is 324 g/mol. The number of nitro groups is 1. The molecule has 0 aliphatic carbocycles. The fraction of sp³-hybridized carbons (Fsp3) is 0.0556. The van der Waals surface area contributed by atoms with E-state index in [1.54, 1.807) is 24.3 Å². The zero-order valence-corrected chi connectivity index (χ0v) is 12.8. The van der Waals surface area contributed by atoms with E-state index in [9.17, 15) is 20.0 Å². The first kappa shape index (κ1) is 17.0. The molecule has 24 heavy (non-hydrogen) atoms. The Morgan fingerprint density at radius 3 is 2.62 bits per heavy atom. The molecule has 0 saturated heterocycles. The molecule has 0 atom stereocenters. The number of hydrogen-bond acceptors (Lipinski definition) is 4. The molecule has 0 bridgehead atoms. The number of carbonyl (C=O) groups is 1. The van der Waals surface area contributed by atoms with Crippen molar-refractivity contribution in [1.29, 1.82) is 0 Å². The molecule has 0 radical (unpaired) electrons. The van der Waals surface area contributed by atoms with Crippen LogP contribution >= 0.6 is 0 Å². The number of nitrogens with zero attached hydrogens (tertiary/aromatic N) is 1. The smallest absolute Gasteiger partial charge is 0.311 e. The number of nitrogens with one attached hydrogen (secondary N) is 1. The van der Waals surface area contributed by atoms with Crippen molar-refractivity contribution in [2.75, 3.05) is 0 Å². The zero-order chi connectivity index (χ0) is 17.4. The summed E-state index contributed by atoms with van der Waals surface area (Å²) in [5, 5.41) is 22.9. The van der Waals surface area contributed by atoms with E-state index < -0.39 is 4.92 Å². The number of nitro benzene ring substituents is 1. The van der Waals surface area contributed by atoms with Gasteiger partial charge in [-0.3, -0.25) is 14.9 Å². The van der Waals surface area contributed by atoms with Crippen molar-refractivity contribution in [3.63, 3.8) is 0 Å². The van der Waals surface area contributed by atoms with Gasteiger partial charge in [0.05, 0.1) is 4.92 Å². The first-order chi connectivity index (χ1) is 11.6. The predicted molar refractivity (Wildman–Crippen MR) is 91.2 cm³/mol. The molecule has 0 fully saturated rings. The molecule has 2 aromatic rings. The minimum Gasteiger partial charge on any atom is -0.502 e. The maximum atomic E-state index is 11.7. The Labute approximate surface area is 138 Å². The Hall–Kier alpha value is -3.41. The van der Waals surface area contributed by atoms with E-state index in [1.807, 2.05) is 30.3 Å². The molecule has 0 aliphatic heterocycles. The van der Waals surface area contributed by atoms with Crippen LogP contribution in [0.3, 0.4) is 0 Å². The van der Waals surface area contributed by atoms with Gasteiger partial charge in [-0.2, -0.15) is 0 Å². The highest BCUT2D eigenvalue weighted by atomic mass is 16.6. The third-order valence-corrected chi connectivity index (χ3v) is 3.15. The third kappa shape index (κ3) is 5.10. The number of phenolic OH excluding ortho intramolecular Hbond substituents is 1. The van der Waals surface area contributed by atoms with E-state index >= 15 is 0 Å². The fourth-order valence-electron chi connectivity index (χ4n) is 1.94. The van der Waals surface area contributed by atoms with Gasteiger partial charge < -0.3 is 10.4 Å². The van der Waals surface area contributed by atoms with Crippen molar-refractivity contribution in [3.05, 3.63) is 88.0 Å². The molecule has 2 rings (SSSR count). The Morgan fingerprint density at radius 2 is 1.92 bits per heavy atom. The Bertz CT molecular complexity index is 783. The van der Waals surface area contributed by atoms with Gasteiger partial charge in [0.1, 0.15) is 0 Å². The average Bonchev–Trinajstić information content (AvgIpc) is 2.59. The van der Waals surface area contributed by atoms with E-state index in [0.717, 1.165) is 5.56 Å². The Balaban J connectivity index is 1.89. The van der Waals surface area contributed by atoms with Gasteiger partial charge in [0.2, 0.25) is 5.91 Å². The van der Waals surface area contributed by atoms with Crippen molar-refractivity contribution in [2.24, 2.45) is 0 Å². The topological polar surface area (TPSA) is 92.5 Å². The minimum absolute atomic E-state index is 0.236. The normalized spacial score (nSPS) is 11.0. The molecule has 0 saturated carbocycles. The van der Waals surface area contributed by atoms with E-state index in [-0.39, 0.29) is 17.3 Å². The van der Waals surface area contributed by atoms with Crippen molar-refractivity contribution in [3.8, 4) is 5.75 Å². The van der Waals surface area contributed by atoms with Gasteiger partial charge in [-0.1, -0.05) is 54.6 Å². The van der Waals surface area contributed by atoms with Crippen LogP contribution in [0.4, 0.5) is 5.69 Å². The third-order valence-electron chi connectivity index (χ3n) is 3.15. The largest absolute Gasteiger partial charge is 0.502 e. The quantitative estimate of drug-likeness (QED) is 0.369. The molecular weight excluding hydrogens is 308 g/mol. The Morgan fingerprint density at radius 1 is 1.17 bits per heavy atom. The molecule has 1 amide bonds. The van der Waals surface area contributed by atoms with Crippen LogP contribution in [0.2, 0.25) is 0 Å². The van der Waals surface area contributed by atoms with Crippen LogP contribution in [0.5, 0.6) is 5.75 Å². The van der Waals surface area contributed by atoms with Crippen LogP contribution in [0.15, 0.2) is 66.8 Å². The molecule has 0 unspecified atom stereocenters. The molecule has 6 heteroatoms. The number of phenols is 1. The van der Waals surface area contributed by atoms with Crippen LogP contribution in [0.1, 0.15) is 11.1 Å². The lowest BCUT2D eigenvalue weighted by Gasteiger charge is -2.01. The summed E-state index contributed by atoms with van der Waals surface area (Å²) in [4.78, 5) is 21.7. The zero-order valence-electron chi connectivity index (χ0n) is 12.8. The summed E-state index contributed by atoms with van der Waals surface area (Å²) >= 11 is 0. The number of carbonyl (C=O) groups excluding carboxylic acids is 1. The number of benzene rings is 2. The molecule has 2 N–H and O–H groups in total. The van der Waals surface area contributed by atoms with E-state index in [4.69, 9.17) is 0 Å². The Kier molecular flexibility index (Phi) is 5.85. The van der Waals surface area contributed by atoms with Gasteiger partial charge in [0, 0.05) is 18.7 Å². The first-order valence-corrected chi connectivity index (χ1v) is 7.20. The summed E-state index contributed by atoms with van der Waals surface area (Å²) in [6.45, 7) is 0.442. The van der Waals surface area contributed by atoms with Crippen molar-refractivity contribution in [2.45, 2.75) is 6.54 Å². The summed E-state index contributed by atoms with van der Waals surface area (Å²) in [6.07, 6.45) is 6.11. The number of amides is 1. The van der Waals surface area contributed by atoms with E-state index in [0.29, 0.717) is 12.1 Å². The lowest BCUT2D eigenvalue weighted by molar-refractivity contribution is -0.385. The minimum atomic E-state index is -0.653. The van der Waals surface area contributed by atoms with Crippen molar-refractivity contribution < 1.29 is 14.8 Å². The van der Waals surface area contributed by atoms with Crippen molar-refractivity contribution >= 4 is 17.7 Å². The van der Waals surface area contributed by atoms with E-state index in [2.05, 4.69) is 5.32 Å². The lowest BCUT2D eigenvalue weighted by Crippen LogP contribution is -2.20. The number of rotatable bonds is 6. The summed E-state index contributed by atoms with van der Waals surface area (Å²) < 4.78 is 0. The molecule has 2 aromatic carbocycles. The molecule has 0 heterocycles. The summed E-state index contributed by atoms with van der Waals surface area (Å²) in [7, 11) is 0. The lowest BCUT2D eigenvalue weighted by atomic mass is 10.1. The van der Waals surface area contributed by atoms with Crippen LogP contribution in [0, 0.1) is 10.1 Å². The maximum absolute atomic E-state index is 11.7. The van der Waals surface area contributed by atoms with E-state index in [1.165, 1.54) is 18.2 Å². The second-order valence-corrected chi connectivity index (χ2v) is 4.93. The van der Waals surface area contributed by atoms with Crippen LogP contribution < -0.4 is 5.32 Å². The number of aromatic hydroxyl groups is 1. The van der Waals surface area contributed by atoms with Gasteiger partial charge >= 0.3 is 5.69 Å². The van der Waals surface area contributed by atoms with Crippen molar-refractivity contribution in [1.82, 2.24) is 5.32 Å². The fourth-order valence-corrected chi connectivity index (χ4v) is 1.94. The highest BCUT2D eigenvalue weighted by Crippen LogP contribution is 2.26. The number of hydrogen-bond donors (Lipinski definition) is 2. The maximum Gasteiger partial charge on any atom is 0.311 e. The van der Waals surface area contributed by atoms with Gasteiger partial charge in [-0.25, -0.2) is 0 Å². The predicted octanol–water partition coefficient (Wildman–Crippen LogP) is 3.19. The molecule has 0 aromatic heterocycles. The average molecular weight is 324 g/mol.